The first-order chi connectivity index (χ1) is 17.4. The third kappa shape index (κ3) is 4.97. The van der Waals surface area contributed by atoms with Crippen molar-refractivity contribution in [3.8, 4) is 11.5 Å². The first-order valence-corrected chi connectivity index (χ1v) is 12.5. The van der Waals surface area contributed by atoms with Crippen LogP contribution in [0.3, 0.4) is 0 Å². The fourth-order valence-corrected chi connectivity index (χ4v) is 5.10. The molecular weight excluding hydrogens is 483 g/mol. The molecule has 0 N–H and O–H groups in total. The molecule has 1 unspecified atom stereocenters. The summed E-state index contributed by atoms with van der Waals surface area (Å²) in [7, 11) is 0. The highest BCUT2D eigenvalue weighted by Gasteiger charge is 2.34. The second kappa shape index (κ2) is 10.9. The van der Waals surface area contributed by atoms with E-state index in [9.17, 15) is 14.0 Å². The van der Waals surface area contributed by atoms with E-state index in [0.29, 0.717) is 50.9 Å². The highest BCUT2D eigenvalue weighted by molar-refractivity contribution is 7.07. The summed E-state index contributed by atoms with van der Waals surface area (Å²) in [5, 5.41) is 0. The second-order valence-corrected chi connectivity index (χ2v) is 8.94. The van der Waals surface area contributed by atoms with Crippen LogP contribution in [-0.2, 0) is 9.53 Å². The Kier molecular flexibility index (Phi) is 7.69. The molecule has 1 aliphatic heterocycles. The van der Waals surface area contributed by atoms with Gasteiger partial charge in [-0.25, -0.2) is 14.2 Å². The Balaban J connectivity index is 1.94. The fourth-order valence-electron chi connectivity index (χ4n) is 4.06. The Morgan fingerprint density at radius 3 is 2.42 bits per heavy atom. The molecule has 1 aliphatic rings. The SMILES string of the molecule is CCOC(=O)C1=C(C)N=c2sc(=Cc3ccc(F)cc3)c(=O)n2C1c1ccc(OCC)c(OCC)c1. The molecule has 0 saturated carbocycles. The van der Waals surface area contributed by atoms with Crippen molar-refractivity contribution in [3.05, 3.63) is 90.4 Å². The van der Waals surface area contributed by atoms with Crippen LogP contribution in [0.1, 0.15) is 44.9 Å². The van der Waals surface area contributed by atoms with Gasteiger partial charge >= 0.3 is 5.97 Å². The number of esters is 1. The molecule has 4 rings (SSSR count). The third-order valence-corrected chi connectivity index (χ3v) is 6.55. The number of carbonyl (C=O) groups excluding carboxylic acids is 1. The van der Waals surface area contributed by atoms with Gasteiger partial charge in [0.15, 0.2) is 16.3 Å². The molecule has 36 heavy (non-hydrogen) atoms. The van der Waals surface area contributed by atoms with Crippen molar-refractivity contribution < 1.29 is 23.4 Å². The number of halogens is 1. The van der Waals surface area contributed by atoms with Gasteiger partial charge in [-0.3, -0.25) is 9.36 Å². The third-order valence-electron chi connectivity index (χ3n) is 5.57. The summed E-state index contributed by atoms with van der Waals surface area (Å²) < 4.78 is 32.1. The van der Waals surface area contributed by atoms with Crippen molar-refractivity contribution in [3.63, 3.8) is 0 Å². The average Bonchev–Trinajstić information content (AvgIpc) is 3.15. The van der Waals surface area contributed by atoms with Gasteiger partial charge in [0.1, 0.15) is 5.82 Å². The Labute approximate surface area is 211 Å². The molecule has 2 heterocycles. The number of aromatic nitrogens is 1. The van der Waals surface area contributed by atoms with E-state index in [1.165, 1.54) is 28.0 Å². The molecule has 0 radical (unpaired) electrons. The van der Waals surface area contributed by atoms with Gasteiger partial charge in [0, 0.05) is 0 Å². The van der Waals surface area contributed by atoms with Crippen LogP contribution in [0.2, 0.25) is 0 Å². The number of hydrogen-bond donors (Lipinski definition) is 0. The molecule has 0 amide bonds. The maximum absolute atomic E-state index is 13.7. The largest absolute Gasteiger partial charge is 0.490 e. The number of rotatable bonds is 8. The molecule has 1 atom stereocenters. The molecule has 0 bridgehead atoms. The van der Waals surface area contributed by atoms with Crippen LogP contribution in [0.4, 0.5) is 4.39 Å². The minimum atomic E-state index is -0.773. The number of fused-ring (bicyclic) bond motifs is 1. The van der Waals surface area contributed by atoms with E-state index in [1.54, 1.807) is 44.2 Å². The fraction of sp³-hybridized carbons (Fsp3) is 0.296. The number of benzene rings is 2. The smallest absolute Gasteiger partial charge is 0.338 e. The van der Waals surface area contributed by atoms with Gasteiger partial charge in [-0.15, -0.1) is 0 Å². The van der Waals surface area contributed by atoms with E-state index in [2.05, 4.69) is 4.99 Å². The van der Waals surface area contributed by atoms with Crippen LogP contribution in [-0.4, -0.2) is 30.4 Å². The quantitative estimate of drug-likeness (QED) is 0.432. The summed E-state index contributed by atoms with van der Waals surface area (Å²) in [6.07, 6.45) is 1.69. The average molecular weight is 511 g/mol. The molecule has 7 nitrogen and oxygen atoms in total. The zero-order valence-electron chi connectivity index (χ0n) is 20.5. The highest BCUT2D eigenvalue weighted by Crippen LogP contribution is 2.36. The van der Waals surface area contributed by atoms with Crippen molar-refractivity contribution in [1.82, 2.24) is 4.57 Å². The summed E-state index contributed by atoms with van der Waals surface area (Å²) in [5.74, 6) is 0.195. The van der Waals surface area contributed by atoms with Crippen molar-refractivity contribution in [1.29, 1.82) is 0 Å². The summed E-state index contributed by atoms with van der Waals surface area (Å²) in [6.45, 7) is 8.28. The molecule has 1 aromatic heterocycles. The number of carbonyl (C=O) groups is 1. The zero-order chi connectivity index (χ0) is 25.8. The van der Waals surface area contributed by atoms with Gasteiger partial charge in [0.25, 0.3) is 5.56 Å². The van der Waals surface area contributed by atoms with Crippen LogP contribution < -0.4 is 24.4 Å². The Morgan fingerprint density at radius 1 is 1.06 bits per heavy atom. The van der Waals surface area contributed by atoms with E-state index >= 15 is 0 Å². The van der Waals surface area contributed by atoms with Gasteiger partial charge in [-0.2, -0.15) is 0 Å². The lowest BCUT2D eigenvalue weighted by atomic mass is 9.95. The van der Waals surface area contributed by atoms with E-state index in [0.717, 1.165) is 0 Å². The van der Waals surface area contributed by atoms with Crippen molar-refractivity contribution in [2.75, 3.05) is 19.8 Å². The number of nitrogens with zero attached hydrogens (tertiary/aromatic N) is 2. The van der Waals surface area contributed by atoms with E-state index in [1.807, 2.05) is 19.9 Å². The summed E-state index contributed by atoms with van der Waals surface area (Å²) in [5.41, 5.74) is 1.78. The molecule has 0 aliphatic carbocycles. The Bertz CT molecular complexity index is 1490. The summed E-state index contributed by atoms with van der Waals surface area (Å²) in [6, 6.07) is 10.5. The monoisotopic (exact) mass is 510 g/mol. The maximum atomic E-state index is 13.7. The van der Waals surface area contributed by atoms with Crippen LogP contribution >= 0.6 is 11.3 Å². The lowest BCUT2D eigenvalue weighted by Crippen LogP contribution is -2.40. The van der Waals surface area contributed by atoms with Crippen LogP contribution in [0.25, 0.3) is 6.08 Å². The highest BCUT2D eigenvalue weighted by atomic mass is 32.1. The zero-order valence-corrected chi connectivity index (χ0v) is 21.4. The number of hydrogen-bond acceptors (Lipinski definition) is 7. The lowest BCUT2D eigenvalue weighted by molar-refractivity contribution is -0.139. The molecule has 188 valence electrons. The molecular formula is C27H27FN2O5S. The van der Waals surface area contributed by atoms with E-state index < -0.39 is 12.0 Å². The Hall–Kier alpha value is -3.72. The van der Waals surface area contributed by atoms with Gasteiger partial charge < -0.3 is 14.2 Å². The van der Waals surface area contributed by atoms with Gasteiger partial charge in [-0.05, 0) is 69.2 Å². The number of thiazole rings is 1. The minimum Gasteiger partial charge on any atom is -0.490 e. The predicted octanol–water partition coefficient (Wildman–Crippen LogP) is 3.73. The van der Waals surface area contributed by atoms with E-state index in [-0.39, 0.29) is 23.6 Å². The number of allylic oxidation sites excluding steroid dienone is 1. The van der Waals surface area contributed by atoms with Gasteiger partial charge in [0.05, 0.1) is 41.7 Å². The summed E-state index contributed by atoms with van der Waals surface area (Å²) >= 11 is 1.21. The normalized spacial score (nSPS) is 15.4. The van der Waals surface area contributed by atoms with E-state index in [4.69, 9.17) is 14.2 Å². The molecule has 3 aromatic rings. The lowest BCUT2D eigenvalue weighted by Gasteiger charge is -2.25. The van der Waals surface area contributed by atoms with Crippen LogP contribution in [0.5, 0.6) is 11.5 Å². The van der Waals surface area contributed by atoms with Gasteiger partial charge in [0.2, 0.25) is 0 Å². The van der Waals surface area contributed by atoms with Crippen molar-refractivity contribution in [2.45, 2.75) is 33.7 Å². The summed E-state index contributed by atoms with van der Waals surface area (Å²) in [4.78, 5) is 31.8. The molecule has 0 spiro atoms. The molecule has 2 aromatic carbocycles. The molecule has 0 fully saturated rings. The van der Waals surface area contributed by atoms with Crippen LogP contribution in [0.15, 0.2) is 63.5 Å². The minimum absolute atomic E-state index is 0.185. The number of ether oxygens (including phenoxy) is 3. The Morgan fingerprint density at radius 2 is 1.75 bits per heavy atom. The molecule has 9 heteroatoms. The first-order valence-electron chi connectivity index (χ1n) is 11.7. The van der Waals surface area contributed by atoms with Crippen LogP contribution in [0, 0.1) is 5.82 Å². The van der Waals surface area contributed by atoms with Gasteiger partial charge in [-0.1, -0.05) is 29.5 Å². The molecule has 0 saturated heterocycles. The maximum Gasteiger partial charge on any atom is 0.338 e. The van der Waals surface area contributed by atoms with Crippen molar-refractivity contribution >= 4 is 23.4 Å². The standard InChI is InChI=1S/C27H27FN2O5S/c1-5-33-20-13-10-18(15-21(20)34-6-2)24-23(26(32)35-7-3)16(4)29-27-30(24)25(31)22(36-27)14-17-8-11-19(28)12-9-17/h8-15,24H,5-7H2,1-4H3. The predicted molar refractivity (Wildman–Crippen MR) is 136 cm³/mol. The van der Waals surface area contributed by atoms with Crippen molar-refractivity contribution in [2.24, 2.45) is 4.99 Å². The first kappa shape index (κ1) is 25.4. The second-order valence-electron chi connectivity index (χ2n) is 7.93. The topological polar surface area (TPSA) is 79.1 Å².